The van der Waals surface area contributed by atoms with Crippen molar-refractivity contribution in [2.75, 3.05) is 33.3 Å². The van der Waals surface area contributed by atoms with E-state index in [1.54, 1.807) is 20.9 Å². The summed E-state index contributed by atoms with van der Waals surface area (Å²) in [5.74, 6) is 0.431. The second-order valence-corrected chi connectivity index (χ2v) is 8.94. The van der Waals surface area contributed by atoms with Crippen LogP contribution >= 0.6 is 11.6 Å². The minimum atomic E-state index is -3.76. The van der Waals surface area contributed by atoms with Crippen LogP contribution in [0.25, 0.3) is 0 Å². The number of ether oxygens (including phenoxy) is 1. The smallest absolute Gasteiger partial charge is 0.253 e. The Kier molecular flexibility index (Phi) is 8.07. The summed E-state index contributed by atoms with van der Waals surface area (Å²) in [4.78, 5) is 14.2. The zero-order valence-electron chi connectivity index (χ0n) is 17.2. The van der Waals surface area contributed by atoms with Gasteiger partial charge >= 0.3 is 0 Å². The number of hydrogen-bond donors (Lipinski definition) is 0. The molecule has 0 fully saturated rings. The van der Waals surface area contributed by atoms with E-state index < -0.39 is 10.0 Å². The average molecular weight is 439 g/mol. The maximum absolute atomic E-state index is 12.8. The van der Waals surface area contributed by atoms with Crippen LogP contribution < -0.4 is 4.74 Å². The molecule has 29 heavy (non-hydrogen) atoms. The number of carbonyl (C=O) groups excluding carboxylic acids is 1. The molecule has 0 saturated carbocycles. The van der Waals surface area contributed by atoms with Crippen molar-refractivity contribution in [2.45, 2.75) is 25.7 Å². The molecule has 0 bridgehead atoms. The Morgan fingerprint density at radius 1 is 1.07 bits per heavy atom. The summed E-state index contributed by atoms with van der Waals surface area (Å²) in [6.07, 6.45) is 0. The third-order valence-corrected chi connectivity index (χ3v) is 7.10. The number of rotatable bonds is 9. The summed E-state index contributed by atoms with van der Waals surface area (Å²) < 4.78 is 32.6. The normalized spacial score (nSPS) is 11.5. The number of halogens is 1. The number of hydrogen-bond acceptors (Lipinski definition) is 4. The van der Waals surface area contributed by atoms with Crippen molar-refractivity contribution in [2.24, 2.45) is 0 Å². The lowest BCUT2D eigenvalue weighted by Gasteiger charge is -2.21. The van der Waals surface area contributed by atoms with Crippen LogP contribution in [0.3, 0.4) is 0 Å². The van der Waals surface area contributed by atoms with Crippen LogP contribution in [0, 0.1) is 6.92 Å². The minimum Gasteiger partial charge on any atom is -0.492 e. The van der Waals surface area contributed by atoms with E-state index in [-0.39, 0.29) is 21.4 Å². The van der Waals surface area contributed by atoms with Gasteiger partial charge in [-0.15, -0.1) is 0 Å². The molecule has 0 aliphatic rings. The molecule has 0 heterocycles. The Labute approximate surface area is 178 Å². The molecule has 2 aromatic carbocycles. The quantitative estimate of drug-likeness (QED) is 0.596. The van der Waals surface area contributed by atoms with E-state index in [0.717, 1.165) is 11.3 Å². The van der Waals surface area contributed by atoms with E-state index >= 15 is 0 Å². The topological polar surface area (TPSA) is 66.9 Å². The second kappa shape index (κ2) is 10.1. The summed E-state index contributed by atoms with van der Waals surface area (Å²) in [7, 11) is -2.12. The van der Waals surface area contributed by atoms with E-state index in [9.17, 15) is 13.2 Å². The lowest BCUT2D eigenvalue weighted by atomic mass is 10.2. The fourth-order valence-corrected chi connectivity index (χ4v) is 4.75. The third kappa shape index (κ3) is 5.72. The van der Waals surface area contributed by atoms with Gasteiger partial charge in [0.05, 0.1) is 11.6 Å². The SMILES string of the molecule is CCN(CC)S(=O)(=O)c1cc(C(=O)N(C)CCOc2ccc(C)cc2)ccc1Cl. The van der Waals surface area contributed by atoms with Gasteiger partial charge < -0.3 is 9.64 Å². The number of nitrogens with zero attached hydrogens (tertiary/aromatic N) is 2. The van der Waals surface area contributed by atoms with Crippen LogP contribution in [0.1, 0.15) is 29.8 Å². The molecule has 2 aromatic rings. The van der Waals surface area contributed by atoms with Crippen molar-refractivity contribution in [3.8, 4) is 5.75 Å². The Morgan fingerprint density at radius 2 is 1.69 bits per heavy atom. The van der Waals surface area contributed by atoms with Crippen molar-refractivity contribution in [1.29, 1.82) is 0 Å². The van der Waals surface area contributed by atoms with Crippen molar-refractivity contribution < 1.29 is 17.9 Å². The molecule has 0 saturated heterocycles. The number of likely N-dealkylation sites (N-methyl/N-ethyl adjacent to an activating group) is 1. The van der Waals surface area contributed by atoms with Gasteiger partial charge in [-0.2, -0.15) is 4.31 Å². The molecule has 0 spiro atoms. The maximum Gasteiger partial charge on any atom is 0.253 e. The number of amides is 1. The molecule has 1 amide bonds. The highest BCUT2D eigenvalue weighted by Crippen LogP contribution is 2.26. The Morgan fingerprint density at radius 3 is 2.28 bits per heavy atom. The fraction of sp³-hybridized carbons (Fsp3) is 0.381. The lowest BCUT2D eigenvalue weighted by Crippen LogP contribution is -2.32. The third-order valence-electron chi connectivity index (χ3n) is 4.56. The van der Waals surface area contributed by atoms with Gasteiger partial charge in [0.25, 0.3) is 5.91 Å². The summed E-state index contributed by atoms with van der Waals surface area (Å²) in [5.41, 5.74) is 1.40. The van der Waals surface area contributed by atoms with Crippen LogP contribution in [0.4, 0.5) is 0 Å². The lowest BCUT2D eigenvalue weighted by molar-refractivity contribution is 0.0773. The van der Waals surface area contributed by atoms with Gasteiger partial charge in [-0.3, -0.25) is 4.79 Å². The van der Waals surface area contributed by atoms with Gasteiger partial charge in [-0.25, -0.2) is 8.42 Å². The molecule has 8 heteroatoms. The van der Waals surface area contributed by atoms with Crippen LogP contribution in [-0.4, -0.2) is 56.8 Å². The molecular weight excluding hydrogens is 412 g/mol. The molecule has 0 N–H and O–H groups in total. The molecule has 158 valence electrons. The van der Waals surface area contributed by atoms with Gasteiger partial charge in [0.1, 0.15) is 17.3 Å². The Bertz CT molecular complexity index is 942. The standard InChI is InChI=1S/C21H27ClN2O4S/c1-5-24(6-2)29(26,27)20-15-17(9-12-19(20)22)21(25)23(4)13-14-28-18-10-7-16(3)8-11-18/h7-12,15H,5-6,13-14H2,1-4H3. The number of benzene rings is 2. The first kappa shape index (κ1) is 23.2. The molecule has 0 aliphatic heterocycles. The predicted molar refractivity (Wildman–Crippen MR) is 115 cm³/mol. The van der Waals surface area contributed by atoms with Gasteiger partial charge in [0, 0.05) is 25.7 Å². The first-order valence-corrected chi connectivity index (χ1v) is 11.3. The zero-order chi connectivity index (χ0) is 21.6. The summed E-state index contributed by atoms with van der Waals surface area (Å²) in [5, 5.41) is 0.0961. The number of carbonyl (C=O) groups is 1. The van der Waals surface area contributed by atoms with E-state index in [1.807, 2.05) is 31.2 Å². The second-order valence-electron chi connectivity index (χ2n) is 6.62. The maximum atomic E-state index is 12.8. The van der Waals surface area contributed by atoms with Gasteiger partial charge in [-0.1, -0.05) is 43.1 Å². The van der Waals surface area contributed by atoms with E-state index in [4.69, 9.17) is 16.3 Å². The van der Waals surface area contributed by atoms with E-state index in [0.29, 0.717) is 26.2 Å². The van der Waals surface area contributed by atoms with Crippen LogP contribution in [0.15, 0.2) is 47.4 Å². The molecule has 0 unspecified atom stereocenters. The van der Waals surface area contributed by atoms with Crippen LogP contribution in [-0.2, 0) is 10.0 Å². The van der Waals surface area contributed by atoms with Crippen molar-refractivity contribution in [1.82, 2.24) is 9.21 Å². The van der Waals surface area contributed by atoms with E-state index in [2.05, 4.69) is 0 Å². The molecule has 0 atom stereocenters. The predicted octanol–water partition coefficient (Wildman–Crippen LogP) is 3.83. The molecular formula is C21H27ClN2O4S. The summed E-state index contributed by atoms with van der Waals surface area (Å²) in [6.45, 7) is 6.83. The van der Waals surface area contributed by atoms with Crippen LogP contribution in [0.5, 0.6) is 5.75 Å². The monoisotopic (exact) mass is 438 g/mol. The largest absolute Gasteiger partial charge is 0.492 e. The molecule has 0 aromatic heterocycles. The first-order valence-electron chi connectivity index (χ1n) is 9.45. The van der Waals surface area contributed by atoms with Crippen LogP contribution in [0.2, 0.25) is 5.02 Å². The fourth-order valence-electron chi connectivity index (χ4n) is 2.79. The van der Waals surface area contributed by atoms with Gasteiger partial charge in [0.15, 0.2) is 0 Å². The molecule has 0 radical (unpaired) electrons. The molecule has 6 nitrogen and oxygen atoms in total. The zero-order valence-corrected chi connectivity index (χ0v) is 18.8. The minimum absolute atomic E-state index is 0.0574. The Balaban J connectivity index is 2.11. The highest BCUT2D eigenvalue weighted by molar-refractivity contribution is 7.89. The Hall–Kier alpha value is -2.09. The highest BCUT2D eigenvalue weighted by atomic mass is 35.5. The van der Waals surface area contributed by atoms with Crippen molar-refractivity contribution >= 4 is 27.5 Å². The first-order chi connectivity index (χ1) is 13.7. The molecule has 2 rings (SSSR count). The number of sulfonamides is 1. The summed E-state index contributed by atoms with van der Waals surface area (Å²) in [6, 6.07) is 12.0. The summed E-state index contributed by atoms with van der Waals surface area (Å²) >= 11 is 6.13. The average Bonchev–Trinajstić information content (AvgIpc) is 2.69. The highest BCUT2D eigenvalue weighted by Gasteiger charge is 2.26. The molecule has 0 aliphatic carbocycles. The van der Waals surface area contributed by atoms with Gasteiger partial charge in [0.2, 0.25) is 10.0 Å². The number of aryl methyl sites for hydroxylation is 1. The van der Waals surface area contributed by atoms with E-state index in [1.165, 1.54) is 27.4 Å². The van der Waals surface area contributed by atoms with Crippen molar-refractivity contribution in [3.63, 3.8) is 0 Å². The van der Waals surface area contributed by atoms with Crippen molar-refractivity contribution in [3.05, 3.63) is 58.6 Å². The van der Waals surface area contributed by atoms with Gasteiger partial charge in [-0.05, 0) is 37.3 Å².